The van der Waals surface area contributed by atoms with Crippen molar-refractivity contribution in [1.82, 2.24) is 10.2 Å². The zero-order valence-electron chi connectivity index (χ0n) is 25.5. The molecule has 1 fully saturated rings. The van der Waals surface area contributed by atoms with Crippen molar-refractivity contribution in [2.75, 3.05) is 24.2 Å². The molecule has 1 unspecified atom stereocenters. The average Bonchev–Trinajstić information content (AvgIpc) is 3.02. The fourth-order valence-corrected chi connectivity index (χ4v) is 6.60. The molecular formula is C34H42FN3O5S. The number of ether oxygens (including phenoxy) is 1. The molecule has 4 rings (SSSR count). The van der Waals surface area contributed by atoms with E-state index in [0.29, 0.717) is 23.4 Å². The number of anilines is 1. The largest absolute Gasteiger partial charge is 0.497 e. The van der Waals surface area contributed by atoms with Gasteiger partial charge < -0.3 is 15.0 Å². The third kappa shape index (κ3) is 9.54. The minimum atomic E-state index is -3.63. The number of halogens is 1. The van der Waals surface area contributed by atoms with E-state index in [1.807, 2.05) is 30.3 Å². The second kappa shape index (κ2) is 15.7. The average molecular weight is 624 g/mol. The number of nitrogens with zero attached hydrogens (tertiary/aromatic N) is 2. The number of methoxy groups -OCH3 is 1. The Morgan fingerprint density at radius 2 is 1.59 bits per heavy atom. The molecule has 0 spiro atoms. The van der Waals surface area contributed by atoms with Crippen molar-refractivity contribution in [3.05, 3.63) is 95.8 Å². The molecule has 236 valence electrons. The number of carbonyl (C=O) groups is 2. The summed E-state index contributed by atoms with van der Waals surface area (Å²) < 4.78 is 45.5. The van der Waals surface area contributed by atoms with Crippen LogP contribution in [-0.4, -0.2) is 57.1 Å². The van der Waals surface area contributed by atoms with Crippen LogP contribution in [0.15, 0.2) is 78.9 Å². The van der Waals surface area contributed by atoms with Gasteiger partial charge in [-0.15, -0.1) is 0 Å². The van der Waals surface area contributed by atoms with Gasteiger partial charge in [0.15, 0.2) is 0 Å². The molecule has 0 aliphatic heterocycles. The van der Waals surface area contributed by atoms with E-state index in [0.717, 1.165) is 43.9 Å². The monoisotopic (exact) mass is 623 g/mol. The molecule has 0 radical (unpaired) electrons. The molecule has 44 heavy (non-hydrogen) atoms. The van der Waals surface area contributed by atoms with Gasteiger partial charge in [0, 0.05) is 32.0 Å². The zero-order chi connectivity index (χ0) is 31.5. The number of carbonyl (C=O) groups excluding carboxylic acids is 2. The fourth-order valence-electron chi connectivity index (χ4n) is 5.64. The van der Waals surface area contributed by atoms with Crippen molar-refractivity contribution in [1.29, 1.82) is 0 Å². The Balaban J connectivity index is 1.57. The number of hydrogen-bond acceptors (Lipinski definition) is 5. The summed E-state index contributed by atoms with van der Waals surface area (Å²) in [4.78, 5) is 29.4. The number of amides is 2. The van der Waals surface area contributed by atoms with E-state index >= 15 is 0 Å². The summed E-state index contributed by atoms with van der Waals surface area (Å²) in [7, 11) is -2.09. The molecule has 0 bridgehead atoms. The SMILES string of the molecule is COc1ccc(N(CCCC(=O)N(Cc2ccc(F)cc2)C(Cc2ccccc2)C(=O)NC2CCCCC2)S(C)(=O)=O)cc1. The first-order chi connectivity index (χ1) is 21.1. The quantitative estimate of drug-likeness (QED) is 0.257. The maximum atomic E-state index is 14.0. The molecule has 0 saturated heterocycles. The highest BCUT2D eigenvalue weighted by Gasteiger charge is 2.32. The topological polar surface area (TPSA) is 96.0 Å². The summed E-state index contributed by atoms with van der Waals surface area (Å²) in [5.41, 5.74) is 2.08. The van der Waals surface area contributed by atoms with Gasteiger partial charge in [0.25, 0.3) is 0 Å². The van der Waals surface area contributed by atoms with E-state index in [4.69, 9.17) is 4.74 Å². The van der Waals surface area contributed by atoms with Gasteiger partial charge in [0.2, 0.25) is 21.8 Å². The standard InChI is InChI=1S/C34H42FN3O5S/c1-43-31-21-19-30(20-22-31)38(44(2,41)42)23-9-14-33(39)37(25-27-15-17-28(35)18-16-27)32(24-26-10-5-3-6-11-26)34(40)36-29-12-7-4-8-13-29/h3,5-6,10-11,15-22,29,32H,4,7-9,12-14,23-25H2,1-2H3,(H,36,40). The smallest absolute Gasteiger partial charge is 0.243 e. The molecular weight excluding hydrogens is 581 g/mol. The third-order valence-electron chi connectivity index (χ3n) is 8.00. The van der Waals surface area contributed by atoms with Crippen molar-refractivity contribution in [3.63, 3.8) is 0 Å². The highest BCUT2D eigenvalue weighted by Crippen LogP contribution is 2.24. The second-order valence-electron chi connectivity index (χ2n) is 11.3. The molecule has 0 heterocycles. The lowest BCUT2D eigenvalue weighted by Gasteiger charge is -2.34. The van der Waals surface area contributed by atoms with Crippen molar-refractivity contribution in [2.45, 2.75) is 70.0 Å². The summed E-state index contributed by atoms with van der Waals surface area (Å²) in [6.07, 6.45) is 6.76. The Labute approximate surface area is 260 Å². The van der Waals surface area contributed by atoms with E-state index in [9.17, 15) is 22.4 Å². The summed E-state index contributed by atoms with van der Waals surface area (Å²) >= 11 is 0. The predicted octanol–water partition coefficient (Wildman–Crippen LogP) is 5.47. The van der Waals surface area contributed by atoms with Crippen LogP contribution in [0, 0.1) is 5.82 Å². The van der Waals surface area contributed by atoms with Crippen molar-refractivity contribution in [3.8, 4) is 5.75 Å². The maximum Gasteiger partial charge on any atom is 0.243 e. The van der Waals surface area contributed by atoms with Gasteiger partial charge in [-0.2, -0.15) is 0 Å². The maximum absolute atomic E-state index is 14.0. The Bertz CT molecular complexity index is 1460. The molecule has 10 heteroatoms. The third-order valence-corrected chi connectivity index (χ3v) is 9.20. The van der Waals surface area contributed by atoms with Crippen LogP contribution in [0.25, 0.3) is 0 Å². The van der Waals surface area contributed by atoms with Gasteiger partial charge in [-0.05, 0) is 66.8 Å². The van der Waals surface area contributed by atoms with E-state index < -0.39 is 16.1 Å². The molecule has 1 aliphatic carbocycles. The fraction of sp³-hybridized carbons (Fsp3) is 0.412. The number of rotatable bonds is 14. The lowest BCUT2D eigenvalue weighted by Crippen LogP contribution is -2.52. The number of sulfonamides is 1. The normalized spacial score (nSPS) is 14.4. The van der Waals surface area contributed by atoms with Gasteiger partial charge in [-0.25, -0.2) is 12.8 Å². The minimum Gasteiger partial charge on any atom is -0.497 e. The Morgan fingerprint density at radius 3 is 2.20 bits per heavy atom. The molecule has 3 aromatic carbocycles. The molecule has 8 nitrogen and oxygen atoms in total. The van der Waals surface area contributed by atoms with E-state index in [2.05, 4.69) is 5.32 Å². The second-order valence-corrected chi connectivity index (χ2v) is 13.2. The lowest BCUT2D eigenvalue weighted by molar-refractivity contribution is -0.141. The summed E-state index contributed by atoms with van der Waals surface area (Å²) in [5.74, 6) is -0.281. The lowest BCUT2D eigenvalue weighted by atomic mass is 9.94. The van der Waals surface area contributed by atoms with E-state index in [-0.39, 0.29) is 49.6 Å². The van der Waals surface area contributed by atoms with Crippen molar-refractivity contribution < 1.29 is 27.1 Å². The van der Waals surface area contributed by atoms with Crippen LogP contribution >= 0.6 is 0 Å². The van der Waals surface area contributed by atoms with Crippen molar-refractivity contribution in [2.24, 2.45) is 0 Å². The Kier molecular flexibility index (Phi) is 11.8. The molecule has 0 aromatic heterocycles. The molecule has 2 amide bonds. The number of nitrogens with one attached hydrogen (secondary N) is 1. The Morgan fingerprint density at radius 1 is 0.932 bits per heavy atom. The zero-order valence-corrected chi connectivity index (χ0v) is 26.3. The summed E-state index contributed by atoms with van der Waals surface area (Å²) in [5, 5.41) is 3.20. The molecule has 1 atom stereocenters. The van der Waals surface area contributed by atoms with Crippen LogP contribution < -0.4 is 14.4 Å². The summed E-state index contributed by atoms with van der Waals surface area (Å²) in [6.45, 7) is 0.196. The number of hydrogen-bond donors (Lipinski definition) is 1. The molecule has 3 aromatic rings. The first kappa shape index (κ1) is 33.0. The molecule has 1 aliphatic rings. The van der Waals surface area contributed by atoms with Crippen LogP contribution in [0.5, 0.6) is 5.75 Å². The van der Waals surface area contributed by atoms with Gasteiger partial charge in [-0.3, -0.25) is 13.9 Å². The Hall–Kier alpha value is -3.92. The predicted molar refractivity (Wildman–Crippen MR) is 170 cm³/mol. The van der Waals surface area contributed by atoms with Crippen LogP contribution in [0.3, 0.4) is 0 Å². The molecule has 1 saturated carbocycles. The van der Waals surface area contributed by atoms with Crippen LogP contribution in [-0.2, 0) is 32.6 Å². The highest BCUT2D eigenvalue weighted by molar-refractivity contribution is 7.92. The van der Waals surface area contributed by atoms with Crippen LogP contribution in [0.2, 0.25) is 0 Å². The number of benzene rings is 3. The van der Waals surface area contributed by atoms with Crippen LogP contribution in [0.4, 0.5) is 10.1 Å². The highest BCUT2D eigenvalue weighted by atomic mass is 32.2. The molecule has 1 N–H and O–H groups in total. The van der Waals surface area contributed by atoms with E-state index in [1.54, 1.807) is 41.3 Å². The van der Waals surface area contributed by atoms with Gasteiger partial charge in [0.1, 0.15) is 17.6 Å². The first-order valence-corrected chi connectivity index (χ1v) is 17.0. The van der Waals surface area contributed by atoms with Gasteiger partial charge >= 0.3 is 0 Å². The van der Waals surface area contributed by atoms with Gasteiger partial charge in [0.05, 0.1) is 19.1 Å². The van der Waals surface area contributed by atoms with Crippen molar-refractivity contribution >= 4 is 27.5 Å². The minimum absolute atomic E-state index is 0.0192. The van der Waals surface area contributed by atoms with Crippen LogP contribution in [0.1, 0.15) is 56.1 Å². The van der Waals surface area contributed by atoms with Gasteiger partial charge in [-0.1, -0.05) is 61.7 Å². The first-order valence-electron chi connectivity index (χ1n) is 15.1. The summed E-state index contributed by atoms with van der Waals surface area (Å²) in [6, 6.07) is 21.4. The van der Waals surface area contributed by atoms with E-state index in [1.165, 1.54) is 23.5 Å².